The van der Waals surface area contributed by atoms with Gasteiger partial charge in [-0.05, 0) is 25.6 Å². The van der Waals surface area contributed by atoms with Gasteiger partial charge in [-0.15, -0.1) is 0 Å². The van der Waals surface area contributed by atoms with Crippen molar-refractivity contribution in [3.05, 3.63) is 35.4 Å². The summed E-state index contributed by atoms with van der Waals surface area (Å²) in [5.74, 6) is 1.31. The Labute approximate surface area is 117 Å². The maximum Gasteiger partial charge on any atom is 0.258 e. The Hall–Kier alpha value is -1.64. The Kier molecular flexibility index (Phi) is 4.58. The summed E-state index contributed by atoms with van der Waals surface area (Å²) in [6.07, 6.45) is 1.51. The molecule has 0 bridgehead atoms. The minimum atomic E-state index is -3.64. The monoisotopic (exact) mass is 298 g/mol. The van der Waals surface area contributed by atoms with Gasteiger partial charge in [0.1, 0.15) is 11.5 Å². The summed E-state index contributed by atoms with van der Waals surface area (Å²) in [4.78, 5) is 0. The van der Waals surface area contributed by atoms with Gasteiger partial charge in [0.2, 0.25) is 0 Å². The molecule has 2 aromatic rings. The lowest BCUT2D eigenvalue weighted by atomic mass is 10.3. The van der Waals surface area contributed by atoms with E-state index in [-0.39, 0.29) is 11.6 Å². The molecular weight excluding hydrogens is 280 g/mol. The second-order valence-electron chi connectivity index (χ2n) is 4.34. The van der Waals surface area contributed by atoms with Gasteiger partial charge in [-0.2, -0.15) is 5.10 Å². The van der Waals surface area contributed by atoms with Crippen LogP contribution in [0.2, 0.25) is 0 Å². The number of H-pyrrole nitrogens is 1. The number of hydrogen-bond acceptors (Lipinski definition) is 5. The molecule has 0 amide bonds. The molecule has 2 rings (SSSR count). The zero-order valence-electron chi connectivity index (χ0n) is 11.4. The summed E-state index contributed by atoms with van der Waals surface area (Å²) >= 11 is 0. The molecule has 2 heterocycles. The summed E-state index contributed by atoms with van der Waals surface area (Å²) in [6.45, 7) is 5.07. The second kappa shape index (κ2) is 6.21. The van der Waals surface area contributed by atoms with Crippen molar-refractivity contribution in [1.29, 1.82) is 0 Å². The van der Waals surface area contributed by atoms with E-state index in [1.807, 2.05) is 6.92 Å². The Morgan fingerprint density at radius 3 is 2.80 bits per heavy atom. The third-order valence-electron chi connectivity index (χ3n) is 2.74. The van der Waals surface area contributed by atoms with E-state index in [4.69, 9.17) is 4.42 Å². The van der Waals surface area contributed by atoms with Gasteiger partial charge in [-0.1, -0.05) is 6.92 Å². The minimum absolute atomic E-state index is 0.0849. The lowest BCUT2D eigenvalue weighted by molar-refractivity contribution is 0.475. The van der Waals surface area contributed by atoms with Crippen LogP contribution in [0.3, 0.4) is 0 Å². The lowest BCUT2D eigenvalue weighted by Crippen LogP contribution is -2.25. The van der Waals surface area contributed by atoms with Gasteiger partial charge in [-0.25, -0.2) is 13.1 Å². The maximum absolute atomic E-state index is 12.2. The molecule has 0 aliphatic rings. The number of aromatic nitrogens is 2. The van der Waals surface area contributed by atoms with Crippen LogP contribution in [0.5, 0.6) is 0 Å². The molecule has 7 nitrogen and oxygen atoms in total. The molecule has 0 aromatic carbocycles. The standard InChI is InChI=1S/C12H18N4O3S/c1-3-13-6-10-7-14-16-12(10)20(17,18)15-8-11-5-4-9(2)19-11/h4-5,7,13,15H,3,6,8H2,1-2H3,(H,14,16). The van der Waals surface area contributed by atoms with E-state index >= 15 is 0 Å². The van der Waals surface area contributed by atoms with Crippen LogP contribution in [0.1, 0.15) is 24.0 Å². The van der Waals surface area contributed by atoms with Crippen molar-refractivity contribution in [2.24, 2.45) is 0 Å². The molecule has 0 aliphatic heterocycles. The zero-order valence-corrected chi connectivity index (χ0v) is 12.3. The fourth-order valence-electron chi connectivity index (χ4n) is 1.74. The van der Waals surface area contributed by atoms with Crippen molar-refractivity contribution in [3.8, 4) is 0 Å². The first-order valence-corrected chi connectivity index (χ1v) is 7.79. The molecule has 8 heteroatoms. The highest BCUT2D eigenvalue weighted by Gasteiger charge is 2.20. The van der Waals surface area contributed by atoms with Gasteiger partial charge in [-0.3, -0.25) is 5.10 Å². The lowest BCUT2D eigenvalue weighted by Gasteiger charge is -2.06. The van der Waals surface area contributed by atoms with Crippen LogP contribution in [-0.4, -0.2) is 25.2 Å². The fourth-order valence-corrected chi connectivity index (χ4v) is 2.86. The number of nitrogens with zero attached hydrogens (tertiary/aromatic N) is 1. The maximum atomic E-state index is 12.2. The third kappa shape index (κ3) is 3.47. The number of nitrogens with one attached hydrogen (secondary N) is 3. The van der Waals surface area contributed by atoms with E-state index in [9.17, 15) is 8.42 Å². The predicted octanol–water partition coefficient (Wildman–Crippen LogP) is 0.899. The van der Waals surface area contributed by atoms with Crippen LogP contribution in [-0.2, 0) is 23.1 Å². The highest BCUT2D eigenvalue weighted by molar-refractivity contribution is 7.89. The molecule has 20 heavy (non-hydrogen) atoms. The minimum Gasteiger partial charge on any atom is -0.465 e. The average molecular weight is 298 g/mol. The van der Waals surface area contributed by atoms with Gasteiger partial charge in [0.25, 0.3) is 10.0 Å². The number of rotatable bonds is 7. The molecule has 3 N–H and O–H groups in total. The molecule has 0 aliphatic carbocycles. The first kappa shape index (κ1) is 14.8. The van der Waals surface area contributed by atoms with Gasteiger partial charge in [0.05, 0.1) is 12.7 Å². The normalized spacial score (nSPS) is 11.9. The number of sulfonamides is 1. The van der Waals surface area contributed by atoms with E-state index in [2.05, 4.69) is 20.2 Å². The van der Waals surface area contributed by atoms with Crippen molar-refractivity contribution < 1.29 is 12.8 Å². The molecule has 0 saturated carbocycles. The predicted molar refractivity (Wildman–Crippen MR) is 73.4 cm³/mol. The van der Waals surface area contributed by atoms with Crippen molar-refractivity contribution in [1.82, 2.24) is 20.2 Å². The molecule has 0 saturated heterocycles. The topological polar surface area (TPSA) is 100 Å². The molecule has 0 unspecified atom stereocenters. The number of aromatic amines is 1. The third-order valence-corrected chi connectivity index (χ3v) is 4.16. The quantitative estimate of drug-likeness (QED) is 0.705. The highest BCUT2D eigenvalue weighted by atomic mass is 32.2. The fraction of sp³-hybridized carbons (Fsp3) is 0.417. The summed E-state index contributed by atoms with van der Waals surface area (Å²) in [6, 6.07) is 3.53. The van der Waals surface area contributed by atoms with E-state index in [0.29, 0.717) is 17.9 Å². The zero-order chi connectivity index (χ0) is 14.6. The number of hydrogen-bond donors (Lipinski definition) is 3. The smallest absolute Gasteiger partial charge is 0.258 e. The summed E-state index contributed by atoms with van der Waals surface area (Å²) in [7, 11) is -3.64. The van der Waals surface area contributed by atoms with E-state index in [1.54, 1.807) is 19.1 Å². The van der Waals surface area contributed by atoms with Gasteiger partial charge in [0.15, 0.2) is 5.03 Å². The van der Waals surface area contributed by atoms with Gasteiger partial charge >= 0.3 is 0 Å². The van der Waals surface area contributed by atoms with Gasteiger partial charge < -0.3 is 9.73 Å². The van der Waals surface area contributed by atoms with Crippen LogP contribution in [0, 0.1) is 6.92 Å². The van der Waals surface area contributed by atoms with E-state index in [0.717, 1.165) is 12.3 Å². The van der Waals surface area contributed by atoms with Crippen LogP contribution in [0.4, 0.5) is 0 Å². The van der Waals surface area contributed by atoms with Crippen LogP contribution >= 0.6 is 0 Å². The Morgan fingerprint density at radius 2 is 2.15 bits per heavy atom. The van der Waals surface area contributed by atoms with Crippen molar-refractivity contribution in [2.75, 3.05) is 6.54 Å². The molecule has 0 radical (unpaired) electrons. The van der Waals surface area contributed by atoms with Crippen LogP contribution in [0.25, 0.3) is 0 Å². The molecule has 0 atom stereocenters. The number of aryl methyl sites for hydroxylation is 1. The summed E-state index contributed by atoms with van der Waals surface area (Å²) in [5.41, 5.74) is 0.606. The molecule has 0 fully saturated rings. The van der Waals surface area contributed by atoms with Crippen molar-refractivity contribution >= 4 is 10.0 Å². The first-order chi connectivity index (χ1) is 9.53. The number of furan rings is 1. The van der Waals surface area contributed by atoms with Crippen LogP contribution < -0.4 is 10.0 Å². The summed E-state index contributed by atoms with van der Waals surface area (Å²) in [5, 5.41) is 9.47. The Balaban J connectivity index is 2.08. The van der Waals surface area contributed by atoms with E-state index in [1.165, 1.54) is 6.20 Å². The SMILES string of the molecule is CCNCc1cn[nH]c1S(=O)(=O)NCc1ccc(C)o1. The largest absolute Gasteiger partial charge is 0.465 e. The summed E-state index contributed by atoms with van der Waals surface area (Å²) < 4.78 is 32.2. The highest BCUT2D eigenvalue weighted by Crippen LogP contribution is 2.13. The molecule has 0 spiro atoms. The van der Waals surface area contributed by atoms with Gasteiger partial charge in [0, 0.05) is 12.1 Å². The van der Waals surface area contributed by atoms with Crippen LogP contribution in [0.15, 0.2) is 27.8 Å². The van der Waals surface area contributed by atoms with Crippen molar-refractivity contribution in [3.63, 3.8) is 0 Å². The van der Waals surface area contributed by atoms with E-state index < -0.39 is 10.0 Å². The average Bonchev–Trinajstić information content (AvgIpc) is 3.03. The second-order valence-corrected chi connectivity index (χ2v) is 6.05. The Morgan fingerprint density at radius 1 is 1.35 bits per heavy atom. The molecule has 2 aromatic heterocycles. The molecular formula is C12H18N4O3S. The Bertz CT molecular complexity index is 660. The molecule has 110 valence electrons. The first-order valence-electron chi connectivity index (χ1n) is 6.31. The van der Waals surface area contributed by atoms with Crippen molar-refractivity contribution in [2.45, 2.75) is 32.0 Å².